The maximum Gasteiger partial charge on any atom is 0.339 e. The van der Waals surface area contributed by atoms with Crippen molar-refractivity contribution in [1.29, 1.82) is 0 Å². The smallest absolute Gasteiger partial charge is 0.339 e. The molecule has 2 aromatic rings. The van der Waals surface area contributed by atoms with Crippen molar-refractivity contribution in [3.8, 4) is 0 Å². The van der Waals surface area contributed by atoms with Crippen molar-refractivity contribution in [3.63, 3.8) is 0 Å². The van der Waals surface area contributed by atoms with Gasteiger partial charge in [-0.05, 0) is 18.6 Å². The summed E-state index contributed by atoms with van der Waals surface area (Å²) >= 11 is 0. The Morgan fingerprint density at radius 3 is 2.72 bits per heavy atom. The molecule has 0 atom stereocenters. The number of carbonyl (C=O) groups is 2. The van der Waals surface area contributed by atoms with Crippen LogP contribution in [0.3, 0.4) is 0 Å². The van der Waals surface area contributed by atoms with Crippen LogP contribution < -0.4 is 10.6 Å². The Morgan fingerprint density at radius 1 is 1.16 bits per heavy atom. The molecule has 0 bridgehead atoms. The van der Waals surface area contributed by atoms with Crippen molar-refractivity contribution in [2.45, 2.75) is 26.2 Å². The molecule has 2 N–H and O–H groups in total. The number of nitrogens with zero attached hydrogens (tertiary/aromatic N) is 2. The van der Waals surface area contributed by atoms with Gasteiger partial charge in [-0.1, -0.05) is 31.9 Å². The number of nitrogens with one attached hydrogen (secondary N) is 2. The van der Waals surface area contributed by atoms with Crippen molar-refractivity contribution < 1.29 is 14.3 Å². The van der Waals surface area contributed by atoms with Crippen LogP contribution in [-0.4, -0.2) is 35.5 Å². The molecule has 1 amide bonds. The van der Waals surface area contributed by atoms with Gasteiger partial charge in [-0.25, -0.2) is 14.8 Å². The number of para-hydroxylation sites is 1. The Morgan fingerprint density at radius 2 is 1.96 bits per heavy atom. The summed E-state index contributed by atoms with van der Waals surface area (Å²) in [5.41, 5.74) is 1.20. The van der Waals surface area contributed by atoms with Gasteiger partial charge in [0.25, 0.3) is 5.91 Å². The van der Waals surface area contributed by atoms with E-state index in [1.165, 1.54) is 13.4 Å². The molecule has 1 aromatic heterocycles. The van der Waals surface area contributed by atoms with E-state index < -0.39 is 5.97 Å². The Kier molecular flexibility index (Phi) is 6.88. The number of rotatable bonds is 8. The fourth-order valence-corrected chi connectivity index (χ4v) is 2.24. The van der Waals surface area contributed by atoms with Gasteiger partial charge in [-0.3, -0.25) is 4.79 Å². The van der Waals surface area contributed by atoms with E-state index in [-0.39, 0.29) is 11.6 Å². The molecule has 7 nitrogen and oxygen atoms in total. The standard InChI is InChI=1S/C18H22N4O3/c1-3-4-7-10-19-17(23)15-11-16(21-12-20-15)22-14-9-6-5-8-13(14)18(24)25-2/h5-6,8-9,11-12H,3-4,7,10H2,1-2H3,(H,19,23)(H,20,21,22). The molecule has 0 spiro atoms. The lowest BCUT2D eigenvalue weighted by Gasteiger charge is -2.10. The summed E-state index contributed by atoms with van der Waals surface area (Å²) < 4.78 is 4.76. The zero-order valence-corrected chi connectivity index (χ0v) is 14.4. The number of carbonyl (C=O) groups excluding carboxylic acids is 2. The molecule has 0 unspecified atom stereocenters. The molecule has 0 saturated carbocycles. The number of ether oxygens (including phenoxy) is 1. The average Bonchev–Trinajstić information content (AvgIpc) is 2.65. The normalized spacial score (nSPS) is 10.2. The Bertz CT molecular complexity index is 734. The number of hydrogen-bond acceptors (Lipinski definition) is 6. The van der Waals surface area contributed by atoms with Gasteiger partial charge in [0.1, 0.15) is 17.8 Å². The first-order valence-electron chi connectivity index (χ1n) is 8.20. The Hall–Kier alpha value is -2.96. The van der Waals surface area contributed by atoms with Gasteiger partial charge in [0.05, 0.1) is 18.4 Å². The molecule has 25 heavy (non-hydrogen) atoms. The van der Waals surface area contributed by atoms with Crippen LogP contribution in [0.15, 0.2) is 36.7 Å². The average molecular weight is 342 g/mol. The molecule has 132 valence electrons. The van der Waals surface area contributed by atoms with Crippen molar-refractivity contribution in [1.82, 2.24) is 15.3 Å². The zero-order valence-electron chi connectivity index (χ0n) is 14.4. The molecule has 2 rings (SSSR count). The minimum atomic E-state index is -0.453. The maximum absolute atomic E-state index is 12.1. The van der Waals surface area contributed by atoms with Crippen LogP contribution in [0.1, 0.15) is 47.0 Å². The third-order valence-electron chi connectivity index (χ3n) is 3.56. The van der Waals surface area contributed by atoms with E-state index in [9.17, 15) is 9.59 Å². The molecular weight excluding hydrogens is 320 g/mol. The third kappa shape index (κ3) is 5.27. The fourth-order valence-electron chi connectivity index (χ4n) is 2.24. The number of amides is 1. The zero-order chi connectivity index (χ0) is 18.1. The molecule has 0 saturated heterocycles. The number of hydrogen-bond donors (Lipinski definition) is 2. The number of benzene rings is 1. The molecule has 0 fully saturated rings. The quantitative estimate of drug-likeness (QED) is 0.566. The SMILES string of the molecule is CCCCCNC(=O)c1cc(Nc2ccccc2C(=O)OC)ncn1. The van der Waals surface area contributed by atoms with Gasteiger partial charge in [0.2, 0.25) is 0 Å². The highest BCUT2D eigenvalue weighted by atomic mass is 16.5. The lowest BCUT2D eigenvalue weighted by Crippen LogP contribution is -2.25. The summed E-state index contributed by atoms with van der Waals surface area (Å²) in [4.78, 5) is 32.0. The number of anilines is 2. The first-order valence-corrected chi connectivity index (χ1v) is 8.20. The van der Waals surface area contributed by atoms with Crippen LogP contribution >= 0.6 is 0 Å². The summed E-state index contributed by atoms with van der Waals surface area (Å²) in [5, 5.41) is 5.86. The van der Waals surface area contributed by atoms with Gasteiger partial charge in [0, 0.05) is 12.6 Å². The monoisotopic (exact) mass is 342 g/mol. The van der Waals surface area contributed by atoms with Crippen molar-refractivity contribution in [3.05, 3.63) is 47.9 Å². The summed E-state index contributed by atoms with van der Waals surface area (Å²) in [7, 11) is 1.32. The van der Waals surface area contributed by atoms with Crippen molar-refractivity contribution in [2.75, 3.05) is 19.0 Å². The summed E-state index contributed by atoms with van der Waals surface area (Å²) in [5.74, 6) is -0.279. The number of esters is 1. The second-order valence-electron chi connectivity index (χ2n) is 5.41. The highest BCUT2D eigenvalue weighted by molar-refractivity contribution is 5.96. The minimum absolute atomic E-state index is 0.247. The number of unbranched alkanes of at least 4 members (excludes halogenated alkanes) is 2. The highest BCUT2D eigenvalue weighted by Crippen LogP contribution is 2.20. The first kappa shape index (κ1) is 18.4. The van der Waals surface area contributed by atoms with E-state index >= 15 is 0 Å². The van der Waals surface area contributed by atoms with Crippen LogP contribution in [0.2, 0.25) is 0 Å². The van der Waals surface area contributed by atoms with E-state index in [0.717, 1.165) is 19.3 Å². The summed E-state index contributed by atoms with van der Waals surface area (Å²) in [6.45, 7) is 2.72. The topological polar surface area (TPSA) is 93.2 Å². The van der Waals surface area contributed by atoms with E-state index in [1.54, 1.807) is 30.3 Å². The van der Waals surface area contributed by atoms with Crippen molar-refractivity contribution in [2.24, 2.45) is 0 Å². The molecule has 0 radical (unpaired) electrons. The van der Waals surface area contributed by atoms with Crippen LogP contribution in [0.5, 0.6) is 0 Å². The first-order chi connectivity index (χ1) is 12.2. The fraction of sp³-hybridized carbons (Fsp3) is 0.333. The maximum atomic E-state index is 12.1. The third-order valence-corrected chi connectivity index (χ3v) is 3.56. The molecule has 0 aliphatic carbocycles. The van der Waals surface area contributed by atoms with Gasteiger partial charge >= 0.3 is 5.97 Å². The van der Waals surface area contributed by atoms with Gasteiger partial charge < -0.3 is 15.4 Å². The Labute approximate surface area is 146 Å². The second-order valence-corrected chi connectivity index (χ2v) is 5.41. The molecule has 1 aromatic carbocycles. The van der Waals surface area contributed by atoms with Gasteiger partial charge in [-0.2, -0.15) is 0 Å². The largest absolute Gasteiger partial charge is 0.465 e. The van der Waals surface area contributed by atoms with Crippen LogP contribution in [0.25, 0.3) is 0 Å². The predicted octanol–water partition coefficient (Wildman–Crippen LogP) is 2.93. The summed E-state index contributed by atoms with van der Waals surface area (Å²) in [6, 6.07) is 8.46. The predicted molar refractivity (Wildman–Crippen MR) is 95.0 cm³/mol. The molecule has 0 aliphatic rings. The lowest BCUT2D eigenvalue weighted by molar-refractivity contribution is 0.0601. The van der Waals surface area contributed by atoms with Crippen molar-refractivity contribution >= 4 is 23.4 Å². The lowest BCUT2D eigenvalue weighted by atomic mass is 10.2. The Balaban J connectivity index is 2.09. The molecule has 7 heteroatoms. The molecular formula is C18H22N4O3. The van der Waals surface area contributed by atoms with Crippen LogP contribution in [-0.2, 0) is 4.74 Å². The number of methoxy groups -OCH3 is 1. The number of aromatic nitrogens is 2. The highest BCUT2D eigenvalue weighted by Gasteiger charge is 2.13. The van der Waals surface area contributed by atoms with Gasteiger partial charge in [0.15, 0.2) is 0 Å². The minimum Gasteiger partial charge on any atom is -0.465 e. The van der Waals surface area contributed by atoms with E-state index in [1.807, 2.05) is 0 Å². The van der Waals surface area contributed by atoms with E-state index in [4.69, 9.17) is 4.74 Å². The second kappa shape index (κ2) is 9.36. The van der Waals surface area contributed by atoms with E-state index in [2.05, 4.69) is 27.5 Å². The molecule has 1 heterocycles. The molecule has 0 aliphatic heterocycles. The van der Waals surface area contributed by atoms with Crippen LogP contribution in [0, 0.1) is 0 Å². The van der Waals surface area contributed by atoms with E-state index in [0.29, 0.717) is 23.6 Å². The summed E-state index contributed by atoms with van der Waals surface area (Å²) in [6.07, 6.45) is 4.41. The van der Waals surface area contributed by atoms with Gasteiger partial charge in [-0.15, -0.1) is 0 Å². The van der Waals surface area contributed by atoms with Crippen LogP contribution in [0.4, 0.5) is 11.5 Å².